The molecule has 0 saturated heterocycles. The third-order valence-electron chi connectivity index (χ3n) is 5.04. The molecule has 6 heteroatoms. The highest BCUT2D eigenvalue weighted by Crippen LogP contribution is 2.36. The van der Waals surface area contributed by atoms with Crippen LogP contribution in [0.5, 0.6) is 11.5 Å². The normalized spacial score (nSPS) is 13.2. The average molecular weight is 377 g/mol. The fourth-order valence-electron chi connectivity index (χ4n) is 3.25. The molecule has 2 aromatic carbocycles. The maximum absolute atomic E-state index is 13.2. The Balaban J connectivity index is 1.85. The second-order valence-electron chi connectivity index (χ2n) is 6.88. The topological polar surface area (TPSA) is 56.6 Å². The lowest BCUT2D eigenvalue weighted by Gasteiger charge is -2.16. The first kappa shape index (κ1) is 18.1. The highest BCUT2D eigenvalue weighted by atomic mass is 16.5. The summed E-state index contributed by atoms with van der Waals surface area (Å²) in [6.07, 6.45) is 3.90. The van der Waals surface area contributed by atoms with Gasteiger partial charge in [-0.1, -0.05) is 18.2 Å². The van der Waals surface area contributed by atoms with Crippen molar-refractivity contribution < 1.29 is 14.3 Å². The first-order valence-corrected chi connectivity index (χ1v) is 9.27. The fourth-order valence-corrected chi connectivity index (χ4v) is 3.25. The van der Waals surface area contributed by atoms with Crippen LogP contribution in [0.15, 0.2) is 54.7 Å². The lowest BCUT2D eigenvalue weighted by atomic mass is 10.1. The van der Waals surface area contributed by atoms with Gasteiger partial charge in [0.25, 0.3) is 5.91 Å². The van der Waals surface area contributed by atoms with E-state index in [2.05, 4.69) is 0 Å². The van der Waals surface area contributed by atoms with E-state index in [9.17, 15) is 4.79 Å². The van der Waals surface area contributed by atoms with Gasteiger partial charge >= 0.3 is 0 Å². The van der Waals surface area contributed by atoms with Crippen LogP contribution in [0.25, 0.3) is 16.9 Å². The fraction of sp³-hybridized carbons (Fsp3) is 0.273. The molecular weight excluding hydrogens is 354 g/mol. The second kappa shape index (κ2) is 7.38. The molecule has 0 bridgehead atoms. The standard InChI is InChI=1S/C22H23N3O3/c1-24(15-9-10-15)22(26)19-14-25(16-7-5-4-6-8-16)23-21(19)18-12-11-17(27-2)13-20(18)28-3/h4-8,11-15H,9-10H2,1-3H3. The summed E-state index contributed by atoms with van der Waals surface area (Å²) < 4.78 is 12.6. The highest BCUT2D eigenvalue weighted by Gasteiger charge is 2.32. The van der Waals surface area contributed by atoms with Crippen molar-refractivity contribution in [3.8, 4) is 28.4 Å². The van der Waals surface area contributed by atoms with Crippen molar-refractivity contribution in [3.05, 3.63) is 60.3 Å². The summed E-state index contributed by atoms with van der Waals surface area (Å²) in [6.45, 7) is 0. The lowest BCUT2D eigenvalue weighted by molar-refractivity contribution is 0.0786. The van der Waals surface area contributed by atoms with Crippen molar-refractivity contribution in [1.29, 1.82) is 0 Å². The number of hydrogen-bond donors (Lipinski definition) is 0. The molecule has 1 aliphatic carbocycles. The second-order valence-corrected chi connectivity index (χ2v) is 6.88. The number of carbonyl (C=O) groups excluding carboxylic acids is 1. The van der Waals surface area contributed by atoms with Crippen LogP contribution in [-0.4, -0.2) is 47.9 Å². The molecule has 0 aliphatic heterocycles. The molecule has 0 radical (unpaired) electrons. The Kier molecular flexibility index (Phi) is 4.77. The van der Waals surface area contributed by atoms with E-state index >= 15 is 0 Å². The Morgan fingerprint density at radius 3 is 2.50 bits per heavy atom. The van der Waals surface area contributed by atoms with Crippen LogP contribution in [0.1, 0.15) is 23.2 Å². The Morgan fingerprint density at radius 1 is 1.11 bits per heavy atom. The van der Waals surface area contributed by atoms with Gasteiger partial charge in [-0.2, -0.15) is 5.10 Å². The Morgan fingerprint density at radius 2 is 1.86 bits per heavy atom. The summed E-state index contributed by atoms with van der Waals surface area (Å²) in [5.74, 6) is 1.27. The van der Waals surface area contributed by atoms with Crippen LogP contribution in [0, 0.1) is 0 Å². The molecule has 28 heavy (non-hydrogen) atoms. The predicted octanol–water partition coefficient (Wildman–Crippen LogP) is 3.79. The van der Waals surface area contributed by atoms with E-state index in [4.69, 9.17) is 14.6 Å². The van der Waals surface area contributed by atoms with Crippen molar-refractivity contribution >= 4 is 5.91 Å². The molecule has 144 valence electrons. The van der Waals surface area contributed by atoms with Crippen molar-refractivity contribution in [1.82, 2.24) is 14.7 Å². The Bertz CT molecular complexity index is 994. The van der Waals surface area contributed by atoms with E-state index in [1.54, 1.807) is 31.2 Å². The smallest absolute Gasteiger partial charge is 0.257 e. The van der Waals surface area contributed by atoms with Gasteiger partial charge in [0.15, 0.2) is 0 Å². The number of amides is 1. The molecule has 1 amide bonds. The zero-order chi connectivity index (χ0) is 19.7. The zero-order valence-electron chi connectivity index (χ0n) is 16.3. The molecule has 0 spiro atoms. The molecule has 0 atom stereocenters. The molecule has 3 aromatic rings. The monoisotopic (exact) mass is 377 g/mol. The van der Waals surface area contributed by atoms with Crippen LogP contribution in [0.4, 0.5) is 0 Å². The number of carbonyl (C=O) groups is 1. The van der Waals surface area contributed by atoms with E-state index in [1.165, 1.54) is 0 Å². The van der Waals surface area contributed by atoms with E-state index in [0.717, 1.165) is 24.1 Å². The maximum Gasteiger partial charge on any atom is 0.257 e. The summed E-state index contributed by atoms with van der Waals surface area (Å²) in [4.78, 5) is 15.0. The van der Waals surface area contributed by atoms with Gasteiger partial charge in [-0.15, -0.1) is 0 Å². The number of para-hydroxylation sites is 1. The van der Waals surface area contributed by atoms with Crippen molar-refractivity contribution in [2.45, 2.75) is 18.9 Å². The van der Waals surface area contributed by atoms with Crippen LogP contribution < -0.4 is 9.47 Å². The number of nitrogens with zero attached hydrogens (tertiary/aromatic N) is 3. The summed E-state index contributed by atoms with van der Waals surface area (Å²) in [6, 6.07) is 15.6. The highest BCUT2D eigenvalue weighted by molar-refractivity contribution is 6.00. The van der Waals surface area contributed by atoms with E-state index < -0.39 is 0 Å². The van der Waals surface area contributed by atoms with Gasteiger partial charge in [0.1, 0.15) is 17.2 Å². The first-order chi connectivity index (χ1) is 13.6. The van der Waals surface area contributed by atoms with E-state index in [-0.39, 0.29) is 5.91 Å². The first-order valence-electron chi connectivity index (χ1n) is 9.27. The van der Waals surface area contributed by atoms with Gasteiger partial charge in [0.2, 0.25) is 0 Å². The predicted molar refractivity (Wildman–Crippen MR) is 107 cm³/mol. The quantitative estimate of drug-likeness (QED) is 0.656. The van der Waals surface area contributed by atoms with Crippen molar-refractivity contribution in [2.75, 3.05) is 21.3 Å². The summed E-state index contributed by atoms with van der Waals surface area (Å²) in [5.41, 5.74) is 2.80. The minimum Gasteiger partial charge on any atom is -0.497 e. The molecule has 6 nitrogen and oxygen atoms in total. The number of benzene rings is 2. The van der Waals surface area contributed by atoms with Crippen LogP contribution >= 0.6 is 0 Å². The van der Waals surface area contributed by atoms with Crippen LogP contribution in [-0.2, 0) is 0 Å². The molecule has 1 heterocycles. The minimum absolute atomic E-state index is 0.0300. The number of hydrogen-bond acceptors (Lipinski definition) is 4. The van der Waals surface area contributed by atoms with Gasteiger partial charge in [0, 0.05) is 30.9 Å². The van der Waals surface area contributed by atoms with Crippen LogP contribution in [0.3, 0.4) is 0 Å². The summed E-state index contributed by atoms with van der Waals surface area (Å²) >= 11 is 0. The van der Waals surface area contributed by atoms with Gasteiger partial charge < -0.3 is 14.4 Å². The lowest BCUT2D eigenvalue weighted by Crippen LogP contribution is -2.28. The van der Waals surface area contributed by atoms with E-state index in [1.807, 2.05) is 54.4 Å². The van der Waals surface area contributed by atoms with Crippen LogP contribution in [0.2, 0.25) is 0 Å². The van der Waals surface area contributed by atoms with Gasteiger partial charge in [0.05, 0.1) is 25.5 Å². The average Bonchev–Trinajstić information content (AvgIpc) is 3.51. The summed E-state index contributed by atoms with van der Waals surface area (Å²) in [7, 11) is 5.07. The Hall–Kier alpha value is -3.28. The maximum atomic E-state index is 13.2. The van der Waals surface area contributed by atoms with Crippen molar-refractivity contribution in [2.24, 2.45) is 0 Å². The van der Waals surface area contributed by atoms with Gasteiger partial charge in [-0.05, 0) is 37.1 Å². The van der Waals surface area contributed by atoms with E-state index in [0.29, 0.717) is 28.8 Å². The third kappa shape index (κ3) is 3.33. The summed E-state index contributed by atoms with van der Waals surface area (Å²) in [5, 5.41) is 4.75. The van der Waals surface area contributed by atoms with Gasteiger partial charge in [-0.25, -0.2) is 4.68 Å². The molecule has 0 N–H and O–H groups in total. The molecule has 1 fully saturated rings. The van der Waals surface area contributed by atoms with Crippen molar-refractivity contribution in [3.63, 3.8) is 0 Å². The minimum atomic E-state index is -0.0300. The molecule has 1 saturated carbocycles. The third-order valence-corrected chi connectivity index (χ3v) is 5.04. The number of rotatable bonds is 6. The zero-order valence-corrected chi connectivity index (χ0v) is 16.3. The molecule has 1 aromatic heterocycles. The molecular formula is C22H23N3O3. The largest absolute Gasteiger partial charge is 0.497 e. The molecule has 0 unspecified atom stereocenters. The number of methoxy groups -OCH3 is 2. The van der Waals surface area contributed by atoms with Gasteiger partial charge in [-0.3, -0.25) is 4.79 Å². The SMILES string of the molecule is COc1ccc(-c2nn(-c3ccccc3)cc2C(=O)N(C)C2CC2)c(OC)c1. The number of aromatic nitrogens is 2. The molecule has 4 rings (SSSR count). The number of ether oxygens (including phenoxy) is 2. The Labute approximate surface area is 164 Å². The molecule has 1 aliphatic rings.